The largest absolute Gasteiger partial charge is 0.507 e. The van der Waals surface area contributed by atoms with Crippen LogP contribution in [0.3, 0.4) is 0 Å². The van der Waals surface area contributed by atoms with Crippen molar-refractivity contribution < 1.29 is 29.3 Å². The fourth-order valence-corrected chi connectivity index (χ4v) is 4.33. The maximum absolute atomic E-state index is 13.2. The number of rotatable bonds is 5. The summed E-state index contributed by atoms with van der Waals surface area (Å²) in [6.07, 6.45) is 0. The molecule has 7 nitrogen and oxygen atoms in total. The molecule has 0 spiro atoms. The molecule has 0 aromatic heterocycles. The molecule has 1 amide bonds. The van der Waals surface area contributed by atoms with Gasteiger partial charge in [-0.05, 0) is 54.1 Å². The van der Waals surface area contributed by atoms with Crippen molar-refractivity contribution in [1.82, 2.24) is 0 Å². The van der Waals surface area contributed by atoms with Crippen LogP contribution in [0.4, 0.5) is 5.69 Å². The van der Waals surface area contributed by atoms with Gasteiger partial charge < -0.3 is 19.7 Å². The number of amides is 1. The second-order valence-electron chi connectivity index (χ2n) is 7.43. The Balaban J connectivity index is 1.96. The third kappa shape index (κ3) is 4.04. The minimum atomic E-state index is -1.06. The number of aromatic hydroxyl groups is 1. The van der Waals surface area contributed by atoms with Crippen molar-refractivity contribution in [2.45, 2.75) is 6.04 Å². The Hall–Kier alpha value is -3.68. The number of Topliss-reactive ketones (excluding diaryl/α,β-unsaturated/α-hetero) is 1. The number of hydrogen-bond acceptors (Lipinski definition) is 6. The van der Waals surface area contributed by atoms with E-state index in [1.807, 2.05) is 0 Å². The maximum atomic E-state index is 13.2. The van der Waals surface area contributed by atoms with Crippen molar-refractivity contribution >= 4 is 46.3 Å². The lowest BCUT2D eigenvalue weighted by Gasteiger charge is -2.26. The highest BCUT2D eigenvalue weighted by atomic mass is 35.5. The average molecular weight is 500 g/mol. The molecule has 1 atom stereocenters. The van der Waals surface area contributed by atoms with E-state index in [2.05, 4.69) is 0 Å². The van der Waals surface area contributed by atoms with Crippen LogP contribution in [0.1, 0.15) is 17.2 Å². The number of aliphatic hydroxyl groups is 1. The minimum Gasteiger partial charge on any atom is -0.507 e. The maximum Gasteiger partial charge on any atom is 0.300 e. The lowest BCUT2D eigenvalue weighted by molar-refractivity contribution is -0.132. The van der Waals surface area contributed by atoms with Crippen LogP contribution < -0.4 is 14.4 Å². The molecule has 1 unspecified atom stereocenters. The number of phenols is 1. The van der Waals surface area contributed by atoms with Gasteiger partial charge in [-0.15, -0.1) is 0 Å². The summed E-state index contributed by atoms with van der Waals surface area (Å²) in [6.45, 7) is 0. The number of halogens is 2. The fraction of sp³-hybridized carbons (Fsp3) is 0.120. The molecule has 1 aliphatic heterocycles. The zero-order chi connectivity index (χ0) is 24.6. The van der Waals surface area contributed by atoms with Crippen LogP contribution in [-0.2, 0) is 9.59 Å². The van der Waals surface area contributed by atoms with Crippen molar-refractivity contribution in [3.8, 4) is 17.2 Å². The van der Waals surface area contributed by atoms with Gasteiger partial charge in [0.1, 0.15) is 11.5 Å². The van der Waals surface area contributed by atoms with Gasteiger partial charge in [-0.1, -0.05) is 35.3 Å². The smallest absolute Gasteiger partial charge is 0.300 e. The Morgan fingerprint density at radius 3 is 2.26 bits per heavy atom. The van der Waals surface area contributed by atoms with Crippen LogP contribution >= 0.6 is 23.2 Å². The second kappa shape index (κ2) is 9.29. The first-order valence-corrected chi connectivity index (χ1v) is 10.8. The fourth-order valence-electron chi connectivity index (χ4n) is 3.89. The number of methoxy groups -OCH3 is 2. The van der Waals surface area contributed by atoms with E-state index in [1.165, 1.54) is 49.5 Å². The molecule has 4 rings (SSSR count). The van der Waals surface area contributed by atoms with Gasteiger partial charge in [0.15, 0.2) is 11.5 Å². The molecule has 34 heavy (non-hydrogen) atoms. The van der Waals surface area contributed by atoms with Crippen LogP contribution in [-0.4, -0.2) is 36.1 Å². The topological polar surface area (TPSA) is 96.3 Å². The second-order valence-corrected chi connectivity index (χ2v) is 8.27. The Labute approximate surface area is 205 Å². The third-order valence-corrected chi connectivity index (χ3v) is 6.01. The van der Waals surface area contributed by atoms with Crippen molar-refractivity contribution in [3.05, 3.63) is 87.4 Å². The molecule has 1 saturated heterocycles. The zero-order valence-corrected chi connectivity index (χ0v) is 19.6. The highest BCUT2D eigenvalue weighted by Gasteiger charge is 2.47. The molecule has 2 N–H and O–H groups in total. The Kier molecular flexibility index (Phi) is 6.41. The van der Waals surface area contributed by atoms with Gasteiger partial charge in [0.2, 0.25) is 0 Å². The SMILES string of the molecule is COc1ccc(C2/C(=C(/O)c3ccc(OC)c(Cl)c3)C(=O)C(=O)N2c2cccc(Cl)c2)cc1O. The molecule has 0 saturated carbocycles. The number of benzene rings is 3. The van der Waals surface area contributed by atoms with E-state index in [-0.39, 0.29) is 27.7 Å². The van der Waals surface area contributed by atoms with E-state index in [1.54, 1.807) is 30.3 Å². The zero-order valence-electron chi connectivity index (χ0n) is 18.1. The predicted molar refractivity (Wildman–Crippen MR) is 129 cm³/mol. The highest BCUT2D eigenvalue weighted by Crippen LogP contribution is 2.44. The Morgan fingerprint density at radius 2 is 1.65 bits per heavy atom. The van der Waals surface area contributed by atoms with Crippen LogP contribution in [0, 0.1) is 0 Å². The van der Waals surface area contributed by atoms with Crippen LogP contribution in [0.15, 0.2) is 66.2 Å². The summed E-state index contributed by atoms with van der Waals surface area (Å²) in [5.74, 6) is -1.77. The van der Waals surface area contributed by atoms with Crippen molar-refractivity contribution in [2.24, 2.45) is 0 Å². The number of carbonyl (C=O) groups is 2. The van der Waals surface area contributed by atoms with Gasteiger partial charge in [-0.3, -0.25) is 14.5 Å². The lowest BCUT2D eigenvalue weighted by Crippen LogP contribution is -2.29. The van der Waals surface area contributed by atoms with Gasteiger partial charge in [0, 0.05) is 16.3 Å². The average Bonchev–Trinajstić information content (AvgIpc) is 3.09. The molecule has 0 radical (unpaired) electrons. The molecule has 1 fully saturated rings. The quantitative estimate of drug-likeness (QED) is 0.279. The van der Waals surface area contributed by atoms with E-state index in [0.29, 0.717) is 22.0 Å². The number of aliphatic hydroxyl groups excluding tert-OH is 1. The molecule has 1 aliphatic rings. The minimum absolute atomic E-state index is 0.171. The standard InChI is InChI=1S/C25H19Cl2NO6/c1-33-19-8-7-14(10-17(19)27)23(30)21-22(13-6-9-20(34-2)18(29)11-13)28(25(32)24(21)31)16-5-3-4-15(26)12-16/h3-12,22,29-30H,1-2H3/b23-21-. The molecule has 9 heteroatoms. The number of ether oxygens (including phenoxy) is 2. The summed E-state index contributed by atoms with van der Waals surface area (Å²) < 4.78 is 10.3. The van der Waals surface area contributed by atoms with Crippen LogP contribution in [0.2, 0.25) is 10.0 Å². The summed E-state index contributed by atoms with van der Waals surface area (Å²) in [5, 5.41) is 22.1. The molecule has 0 bridgehead atoms. The number of phenolic OH excluding ortho intramolecular Hbond substituents is 1. The number of ketones is 1. The predicted octanol–water partition coefficient (Wildman–Crippen LogP) is 5.34. The summed E-state index contributed by atoms with van der Waals surface area (Å²) in [7, 11) is 2.85. The highest BCUT2D eigenvalue weighted by molar-refractivity contribution is 6.52. The van der Waals surface area contributed by atoms with Gasteiger partial charge in [-0.2, -0.15) is 0 Å². The summed E-state index contributed by atoms with van der Waals surface area (Å²) in [6, 6.07) is 14.4. The summed E-state index contributed by atoms with van der Waals surface area (Å²) in [5.41, 5.74) is 0.772. The van der Waals surface area contributed by atoms with Gasteiger partial charge in [-0.25, -0.2) is 0 Å². The van der Waals surface area contributed by atoms with Crippen molar-refractivity contribution in [1.29, 1.82) is 0 Å². The molecule has 0 aliphatic carbocycles. The van der Waals surface area contributed by atoms with Crippen molar-refractivity contribution in [3.63, 3.8) is 0 Å². The number of carbonyl (C=O) groups excluding carboxylic acids is 2. The lowest BCUT2D eigenvalue weighted by atomic mass is 9.94. The van der Waals surface area contributed by atoms with Gasteiger partial charge in [0.25, 0.3) is 11.7 Å². The van der Waals surface area contributed by atoms with Crippen LogP contribution in [0.5, 0.6) is 17.2 Å². The molecule has 3 aromatic carbocycles. The Bertz CT molecular complexity index is 1340. The van der Waals surface area contributed by atoms with E-state index in [4.69, 9.17) is 32.7 Å². The summed E-state index contributed by atoms with van der Waals surface area (Å²) >= 11 is 12.4. The molecular formula is C25H19Cl2NO6. The van der Waals surface area contributed by atoms with Gasteiger partial charge in [0.05, 0.1) is 30.9 Å². The molecule has 174 valence electrons. The summed E-state index contributed by atoms with van der Waals surface area (Å²) in [4.78, 5) is 27.6. The first-order valence-electron chi connectivity index (χ1n) is 10.0. The van der Waals surface area contributed by atoms with E-state index in [0.717, 1.165) is 0 Å². The number of hydrogen-bond donors (Lipinski definition) is 2. The van der Waals surface area contributed by atoms with E-state index < -0.39 is 23.5 Å². The first kappa shape index (κ1) is 23.5. The van der Waals surface area contributed by atoms with Crippen LogP contribution in [0.25, 0.3) is 5.76 Å². The third-order valence-electron chi connectivity index (χ3n) is 5.47. The van der Waals surface area contributed by atoms with Crippen molar-refractivity contribution in [2.75, 3.05) is 19.1 Å². The molecule has 3 aromatic rings. The monoisotopic (exact) mass is 499 g/mol. The normalized spacial score (nSPS) is 17.2. The molecular weight excluding hydrogens is 481 g/mol. The Morgan fingerprint density at radius 1 is 0.941 bits per heavy atom. The van der Waals surface area contributed by atoms with E-state index >= 15 is 0 Å². The number of nitrogens with zero attached hydrogens (tertiary/aromatic N) is 1. The van der Waals surface area contributed by atoms with Gasteiger partial charge >= 0.3 is 0 Å². The number of anilines is 1. The van der Waals surface area contributed by atoms with E-state index in [9.17, 15) is 19.8 Å². The first-order chi connectivity index (χ1) is 16.3. The molecule has 1 heterocycles.